The van der Waals surface area contributed by atoms with Gasteiger partial charge in [-0.3, -0.25) is 4.79 Å². The van der Waals surface area contributed by atoms with Crippen LogP contribution in [0.4, 0.5) is 13.2 Å². The summed E-state index contributed by atoms with van der Waals surface area (Å²) in [7, 11) is 0. The Morgan fingerprint density at radius 1 is 1.22 bits per heavy atom. The summed E-state index contributed by atoms with van der Waals surface area (Å²) in [6, 6.07) is 5.94. The Morgan fingerprint density at radius 3 is 2.61 bits per heavy atom. The third kappa shape index (κ3) is 2.71. The van der Waals surface area contributed by atoms with Crippen LogP contribution in [0.25, 0.3) is 11.3 Å². The lowest BCUT2D eigenvalue weighted by Gasteiger charge is -2.06. The van der Waals surface area contributed by atoms with Crippen LogP contribution in [-0.4, -0.2) is 12.9 Å². The van der Waals surface area contributed by atoms with Crippen LogP contribution in [-0.2, 0) is 0 Å². The predicted octanol–water partition coefficient (Wildman–Crippen LogP) is 3.50. The van der Waals surface area contributed by atoms with E-state index in [9.17, 15) is 18.0 Å². The van der Waals surface area contributed by atoms with Crippen LogP contribution >= 0.6 is 0 Å². The van der Waals surface area contributed by atoms with Crippen molar-refractivity contribution in [3.8, 4) is 17.1 Å². The van der Waals surface area contributed by atoms with Crippen LogP contribution in [0.5, 0.6) is 5.75 Å². The summed E-state index contributed by atoms with van der Waals surface area (Å²) in [5, 5.41) is 0. The molecule has 1 aromatic carbocycles. The Kier molecular flexibility index (Phi) is 3.36. The second-order valence-corrected chi connectivity index (χ2v) is 3.37. The molecule has 0 spiro atoms. The van der Waals surface area contributed by atoms with Gasteiger partial charge in [0.2, 0.25) is 0 Å². The number of hydrogen-bond acceptors (Lipinski definition) is 3. The van der Waals surface area contributed by atoms with Gasteiger partial charge < -0.3 is 9.15 Å². The highest BCUT2D eigenvalue weighted by Gasteiger charge is 2.11. The average Bonchev–Trinajstić information content (AvgIpc) is 2.75. The first-order chi connectivity index (χ1) is 8.58. The highest BCUT2D eigenvalue weighted by Crippen LogP contribution is 2.27. The number of aldehydes is 1. The zero-order chi connectivity index (χ0) is 13.1. The van der Waals surface area contributed by atoms with Crippen molar-refractivity contribution in [1.82, 2.24) is 0 Å². The molecule has 3 nitrogen and oxygen atoms in total. The quantitative estimate of drug-likeness (QED) is 0.786. The molecule has 0 saturated heterocycles. The van der Waals surface area contributed by atoms with Crippen molar-refractivity contribution in [2.24, 2.45) is 0 Å². The molecule has 0 saturated carbocycles. The van der Waals surface area contributed by atoms with E-state index in [1.165, 1.54) is 18.2 Å². The molecule has 0 radical (unpaired) electrons. The maximum absolute atomic E-state index is 13.2. The molecular weight excluding hydrogens is 249 g/mol. The van der Waals surface area contributed by atoms with Crippen molar-refractivity contribution in [2.45, 2.75) is 6.61 Å². The fourth-order valence-corrected chi connectivity index (χ4v) is 1.45. The van der Waals surface area contributed by atoms with Gasteiger partial charge in [-0.2, -0.15) is 8.78 Å². The van der Waals surface area contributed by atoms with Crippen molar-refractivity contribution in [2.75, 3.05) is 0 Å². The summed E-state index contributed by atoms with van der Waals surface area (Å²) in [6.07, 6.45) is 0.485. The Balaban J connectivity index is 2.37. The van der Waals surface area contributed by atoms with Crippen LogP contribution in [0.1, 0.15) is 10.6 Å². The van der Waals surface area contributed by atoms with Gasteiger partial charge in [-0.1, -0.05) is 0 Å². The molecule has 0 atom stereocenters. The lowest BCUT2D eigenvalue weighted by Crippen LogP contribution is -2.02. The first-order valence-electron chi connectivity index (χ1n) is 4.89. The van der Waals surface area contributed by atoms with E-state index in [2.05, 4.69) is 4.74 Å². The minimum absolute atomic E-state index is 0.0607. The predicted molar refractivity (Wildman–Crippen MR) is 56.1 cm³/mol. The summed E-state index contributed by atoms with van der Waals surface area (Å²) in [5.41, 5.74) is 0.207. The summed E-state index contributed by atoms with van der Waals surface area (Å²) in [5.74, 6) is -0.808. The highest BCUT2D eigenvalue weighted by atomic mass is 19.3. The lowest BCUT2D eigenvalue weighted by molar-refractivity contribution is -0.0499. The number of furan rings is 1. The third-order valence-corrected chi connectivity index (χ3v) is 2.12. The number of carbonyl (C=O) groups is 1. The molecule has 1 heterocycles. The zero-order valence-corrected chi connectivity index (χ0v) is 8.90. The van der Waals surface area contributed by atoms with Crippen LogP contribution in [0.15, 0.2) is 34.7 Å². The van der Waals surface area contributed by atoms with Gasteiger partial charge >= 0.3 is 6.61 Å². The van der Waals surface area contributed by atoms with Gasteiger partial charge in [-0.05, 0) is 24.3 Å². The second kappa shape index (κ2) is 4.95. The number of benzene rings is 1. The largest absolute Gasteiger partial charge is 0.453 e. The van der Waals surface area contributed by atoms with Gasteiger partial charge in [0.05, 0.1) is 0 Å². The molecule has 2 aromatic rings. The van der Waals surface area contributed by atoms with E-state index in [4.69, 9.17) is 4.42 Å². The first-order valence-corrected chi connectivity index (χ1v) is 4.89. The molecule has 0 bridgehead atoms. The normalized spacial score (nSPS) is 10.7. The van der Waals surface area contributed by atoms with E-state index in [-0.39, 0.29) is 22.8 Å². The monoisotopic (exact) mass is 256 g/mol. The number of alkyl halides is 2. The Hall–Kier alpha value is -2.24. The molecule has 0 amide bonds. The van der Waals surface area contributed by atoms with Crippen LogP contribution in [0.2, 0.25) is 0 Å². The number of carbonyl (C=O) groups excluding carboxylic acids is 1. The summed E-state index contributed by atoms with van der Waals surface area (Å²) >= 11 is 0. The van der Waals surface area contributed by atoms with E-state index in [0.717, 1.165) is 12.1 Å². The van der Waals surface area contributed by atoms with E-state index in [1.807, 2.05) is 0 Å². The minimum Gasteiger partial charge on any atom is -0.453 e. The van der Waals surface area contributed by atoms with E-state index >= 15 is 0 Å². The fourth-order valence-electron chi connectivity index (χ4n) is 1.45. The SMILES string of the molecule is O=Cc1ccc(-c2cc(F)cc(OC(F)F)c2)o1. The molecule has 0 fully saturated rings. The third-order valence-electron chi connectivity index (χ3n) is 2.12. The van der Waals surface area contributed by atoms with Gasteiger partial charge in [-0.25, -0.2) is 4.39 Å². The van der Waals surface area contributed by atoms with Crippen molar-refractivity contribution in [3.05, 3.63) is 41.9 Å². The second-order valence-electron chi connectivity index (χ2n) is 3.37. The summed E-state index contributed by atoms with van der Waals surface area (Å²) in [4.78, 5) is 10.4. The Morgan fingerprint density at radius 2 is 2.00 bits per heavy atom. The van der Waals surface area contributed by atoms with Gasteiger partial charge in [0, 0.05) is 11.6 Å². The maximum Gasteiger partial charge on any atom is 0.387 e. The summed E-state index contributed by atoms with van der Waals surface area (Å²) in [6.45, 7) is -3.04. The Labute approximate surface area is 99.8 Å². The highest BCUT2D eigenvalue weighted by molar-refractivity contribution is 5.73. The number of hydrogen-bond donors (Lipinski definition) is 0. The topological polar surface area (TPSA) is 39.4 Å². The van der Waals surface area contributed by atoms with Crippen molar-refractivity contribution >= 4 is 6.29 Å². The summed E-state index contributed by atoms with van der Waals surface area (Å²) < 4.78 is 46.4. The molecular formula is C12H7F3O3. The van der Waals surface area contributed by atoms with E-state index in [0.29, 0.717) is 6.29 Å². The molecule has 0 N–H and O–H groups in total. The molecule has 0 aliphatic rings. The molecule has 0 aliphatic carbocycles. The van der Waals surface area contributed by atoms with Gasteiger partial charge in [0.25, 0.3) is 0 Å². The van der Waals surface area contributed by atoms with Gasteiger partial charge in [0.15, 0.2) is 12.0 Å². The minimum atomic E-state index is -3.04. The van der Waals surface area contributed by atoms with E-state index < -0.39 is 12.4 Å². The molecule has 6 heteroatoms. The van der Waals surface area contributed by atoms with Crippen molar-refractivity contribution in [1.29, 1.82) is 0 Å². The smallest absolute Gasteiger partial charge is 0.387 e. The van der Waals surface area contributed by atoms with Crippen LogP contribution < -0.4 is 4.74 Å². The van der Waals surface area contributed by atoms with Crippen LogP contribution in [0, 0.1) is 5.82 Å². The molecule has 18 heavy (non-hydrogen) atoms. The first kappa shape index (κ1) is 12.2. The van der Waals surface area contributed by atoms with Crippen molar-refractivity contribution < 1.29 is 27.1 Å². The number of rotatable bonds is 4. The average molecular weight is 256 g/mol. The zero-order valence-electron chi connectivity index (χ0n) is 8.90. The molecule has 94 valence electrons. The standard InChI is InChI=1S/C12H7F3O3/c13-8-3-7(4-10(5-8)18-12(14)15)11-2-1-9(6-16)17-11/h1-6,12H. The maximum atomic E-state index is 13.2. The van der Waals surface area contributed by atoms with E-state index in [1.54, 1.807) is 0 Å². The van der Waals surface area contributed by atoms with Gasteiger partial charge in [0.1, 0.15) is 17.3 Å². The Bertz CT molecular complexity index is 563. The molecule has 2 rings (SSSR count). The fraction of sp³-hybridized carbons (Fsp3) is 0.0833. The molecule has 0 aliphatic heterocycles. The number of halogens is 3. The lowest BCUT2D eigenvalue weighted by atomic mass is 10.1. The van der Waals surface area contributed by atoms with Gasteiger partial charge in [-0.15, -0.1) is 0 Å². The molecule has 0 unspecified atom stereocenters. The number of ether oxygens (including phenoxy) is 1. The molecule has 1 aromatic heterocycles. The van der Waals surface area contributed by atoms with Crippen LogP contribution in [0.3, 0.4) is 0 Å². The van der Waals surface area contributed by atoms with Crippen molar-refractivity contribution in [3.63, 3.8) is 0 Å².